The molecule has 5 heteroatoms. The molecule has 0 aliphatic rings. The van der Waals surface area contributed by atoms with Gasteiger partial charge in [0.15, 0.2) is 0 Å². The summed E-state index contributed by atoms with van der Waals surface area (Å²) >= 11 is 0. The van der Waals surface area contributed by atoms with E-state index < -0.39 is 0 Å². The first-order chi connectivity index (χ1) is 9.31. The monoisotopic (exact) mass is 254 g/mol. The highest BCUT2D eigenvalue weighted by Gasteiger charge is 2.01. The molecule has 0 saturated heterocycles. The number of para-hydroxylation sites is 2. The van der Waals surface area contributed by atoms with Crippen LogP contribution in [0.4, 0.5) is 0 Å². The minimum atomic E-state index is 0.656. The minimum absolute atomic E-state index is 0.656. The van der Waals surface area contributed by atoms with E-state index in [9.17, 15) is 0 Å². The number of benzene rings is 1. The van der Waals surface area contributed by atoms with E-state index in [1.807, 2.05) is 37.3 Å². The van der Waals surface area contributed by atoms with Gasteiger partial charge in [0.25, 0.3) is 0 Å². The van der Waals surface area contributed by atoms with E-state index in [0.717, 1.165) is 28.2 Å². The Balaban J connectivity index is 1.65. The van der Waals surface area contributed by atoms with E-state index in [0.29, 0.717) is 13.1 Å². The maximum absolute atomic E-state index is 5.01. The first-order valence-corrected chi connectivity index (χ1v) is 6.15. The lowest BCUT2D eigenvalue weighted by atomic mass is 10.3. The number of fused-ring (bicyclic) bond motifs is 1. The Hall–Kier alpha value is -2.27. The normalized spacial score (nSPS) is 11.0. The number of hydrogen-bond acceptors (Lipinski definition) is 5. The minimum Gasteiger partial charge on any atom is -0.361 e. The van der Waals surface area contributed by atoms with E-state index in [-0.39, 0.29) is 0 Å². The van der Waals surface area contributed by atoms with Crippen LogP contribution in [-0.4, -0.2) is 15.1 Å². The van der Waals surface area contributed by atoms with Gasteiger partial charge in [0.05, 0.1) is 28.6 Å². The van der Waals surface area contributed by atoms with Crippen molar-refractivity contribution in [2.75, 3.05) is 0 Å². The Morgan fingerprint density at radius 2 is 1.89 bits per heavy atom. The van der Waals surface area contributed by atoms with Gasteiger partial charge in [-0.1, -0.05) is 17.3 Å². The van der Waals surface area contributed by atoms with Crippen molar-refractivity contribution >= 4 is 11.0 Å². The highest BCUT2D eigenvalue weighted by atomic mass is 16.5. The molecule has 1 aromatic carbocycles. The van der Waals surface area contributed by atoms with Gasteiger partial charge < -0.3 is 9.84 Å². The number of aryl methyl sites for hydroxylation is 1. The van der Waals surface area contributed by atoms with E-state index in [1.165, 1.54) is 0 Å². The standard InChI is InChI=1S/C14H14N4O/c1-10-6-11(18-19-10)7-15-8-12-9-16-13-4-2-3-5-14(13)17-12/h2-6,9,15H,7-8H2,1H3. The predicted molar refractivity (Wildman–Crippen MR) is 71.3 cm³/mol. The molecule has 3 rings (SSSR count). The van der Waals surface area contributed by atoms with Gasteiger partial charge in [0.2, 0.25) is 0 Å². The van der Waals surface area contributed by atoms with Crippen LogP contribution in [0.5, 0.6) is 0 Å². The largest absolute Gasteiger partial charge is 0.361 e. The molecule has 0 bridgehead atoms. The van der Waals surface area contributed by atoms with Crippen LogP contribution in [0, 0.1) is 6.92 Å². The number of rotatable bonds is 4. The number of aromatic nitrogens is 3. The smallest absolute Gasteiger partial charge is 0.133 e. The van der Waals surface area contributed by atoms with Crippen molar-refractivity contribution in [3.63, 3.8) is 0 Å². The summed E-state index contributed by atoms with van der Waals surface area (Å²) in [4.78, 5) is 8.92. The molecule has 19 heavy (non-hydrogen) atoms. The highest BCUT2D eigenvalue weighted by molar-refractivity contribution is 5.73. The molecule has 0 aliphatic carbocycles. The Morgan fingerprint density at radius 3 is 2.68 bits per heavy atom. The average Bonchev–Trinajstić information content (AvgIpc) is 2.84. The summed E-state index contributed by atoms with van der Waals surface area (Å²) in [5, 5.41) is 7.19. The summed E-state index contributed by atoms with van der Waals surface area (Å²) in [6.45, 7) is 3.20. The number of hydrogen-bond donors (Lipinski definition) is 1. The first-order valence-electron chi connectivity index (χ1n) is 6.15. The lowest BCUT2D eigenvalue weighted by Crippen LogP contribution is -2.14. The van der Waals surface area contributed by atoms with Crippen molar-refractivity contribution < 1.29 is 4.52 Å². The zero-order valence-corrected chi connectivity index (χ0v) is 10.6. The van der Waals surface area contributed by atoms with E-state index in [1.54, 1.807) is 6.20 Å². The van der Waals surface area contributed by atoms with Crippen molar-refractivity contribution in [3.8, 4) is 0 Å². The van der Waals surface area contributed by atoms with Gasteiger partial charge in [0, 0.05) is 19.2 Å². The fourth-order valence-corrected chi connectivity index (χ4v) is 1.90. The van der Waals surface area contributed by atoms with Crippen LogP contribution in [0.2, 0.25) is 0 Å². The molecule has 0 unspecified atom stereocenters. The summed E-state index contributed by atoms with van der Waals surface area (Å²) in [6, 6.07) is 9.76. The molecule has 2 aromatic heterocycles. The number of nitrogens with one attached hydrogen (secondary N) is 1. The quantitative estimate of drug-likeness (QED) is 0.773. The third-order valence-corrected chi connectivity index (χ3v) is 2.79. The molecule has 0 aliphatic heterocycles. The Kier molecular flexibility index (Phi) is 3.20. The lowest BCUT2D eigenvalue weighted by Gasteiger charge is -2.03. The van der Waals surface area contributed by atoms with Gasteiger partial charge in [-0.3, -0.25) is 4.98 Å². The van der Waals surface area contributed by atoms with Crippen molar-refractivity contribution in [3.05, 3.63) is 53.7 Å². The zero-order chi connectivity index (χ0) is 13.1. The molecule has 0 radical (unpaired) electrons. The summed E-state index contributed by atoms with van der Waals surface area (Å²) in [5.74, 6) is 0.822. The van der Waals surface area contributed by atoms with Crippen LogP contribution in [0.1, 0.15) is 17.1 Å². The van der Waals surface area contributed by atoms with Crippen molar-refractivity contribution in [1.29, 1.82) is 0 Å². The molecule has 0 saturated carbocycles. The second-order valence-corrected chi connectivity index (χ2v) is 4.38. The molecule has 0 spiro atoms. The van der Waals surface area contributed by atoms with Gasteiger partial charge in [-0.2, -0.15) is 0 Å². The summed E-state index contributed by atoms with van der Waals surface area (Å²) in [5.41, 5.74) is 3.64. The van der Waals surface area contributed by atoms with Crippen LogP contribution in [0.3, 0.4) is 0 Å². The molecule has 3 aromatic rings. The maximum Gasteiger partial charge on any atom is 0.133 e. The summed E-state index contributed by atoms with van der Waals surface area (Å²) in [7, 11) is 0. The molecule has 5 nitrogen and oxygen atoms in total. The van der Waals surface area contributed by atoms with Gasteiger partial charge in [0.1, 0.15) is 5.76 Å². The fraction of sp³-hybridized carbons (Fsp3) is 0.214. The average molecular weight is 254 g/mol. The van der Waals surface area contributed by atoms with Gasteiger partial charge >= 0.3 is 0 Å². The second-order valence-electron chi connectivity index (χ2n) is 4.38. The van der Waals surface area contributed by atoms with E-state index in [2.05, 4.69) is 20.4 Å². The van der Waals surface area contributed by atoms with E-state index >= 15 is 0 Å². The zero-order valence-electron chi connectivity index (χ0n) is 10.6. The first kappa shape index (κ1) is 11.8. The molecule has 96 valence electrons. The van der Waals surface area contributed by atoms with Crippen LogP contribution in [0.25, 0.3) is 11.0 Å². The van der Waals surface area contributed by atoms with Gasteiger partial charge in [-0.15, -0.1) is 0 Å². The Morgan fingerprint density at radius 1 is 1.11 bits per heavy atom. The van der Waals surface area contributed by atoms with Crippen LogP contribution in [0.15, 0.2) is 41.1 Å². The van der Waals surface area contributed by atoms with Gasteiger partial charge in [-0.05, 0) is 19.1 Å². The molecular formula is C14H14N4O. The Labute approximate surface area is 110 Å². The Bertz CT molecular complexity index is 692. The molecule has 1 N–H and O–H groups in total. The topological polar surface area (TPSA) is 63.8 Å². The fourth-order valence-electron chi connectivity index (χ4n) is 1.90. The van der Waals surface area contributed by atoms with E-state index in [4.69, 9.17) is 4.52 Å². The lowest BCUT2D eigenvalue weighted by molar-refractivity contribution is 0.388. The second kappa shape index (κ2) is 5.16. The van der Waals surface area contributed by atoms with Crippen LogP contribution >= 0.6 is 0 Å². The molecular weight excluding hydrogens is 240 g/mol. The summed E-state index contributed by atoms with van der Waals surface area (Å²) in [6.07, 6.45) is 1.80. The highest BCUT2D eigenvalue weighted by Crippen LogP contribution is 2.08. The third kappa shape index (κ3) is 2.77. The molecule has 0 amide bonds. The summed E-state index contributed by atoms with van der Waals surface area (Å²) < 4.78 is 5.01. The predicted octanol–water partition coefficient (Wildman–Crippen LogP) is 2.22. The third-order valence-electron chi connectivity index (χ3n) is 2.79. The SMILES string of the molecule is Cc1cc(CNCc2cnc3ccccc3n2)no1. The maximum atomic E-state index is 5.01. The van der Waals surface area contributed by atoms with Crippen molar-refractivity contribution in [1.82, 2.24) is 20.4 Å². The number of nitrogens with zero attached hydrogens (tertiary/aromatic N) is 3. The van der Waals surface area contributed by atoms with Crippen molar-refractivity contribution in [2.24, 2.45) is 0 Å². The molecule has 2 heterocycles. The molecule has 0 fully saturated rings. The van der Waals surface area contributed by atoms with Crippen LogP contribution in [-0.2, 0) is 13.1 Å². The van der Waals surface area contributed by atoms with Crippen molar-refractivity contribution in [2.45, 2.75) is 20.0 Å². The van der Waals surface area contributed by atoms with Crippen LogP contribution < -0.4 is 5.32 Å². The molecule has 0 atom stereocenters. The van der Waals surface area contributed by atoms with Gasteiger partial charge in [-0.25, -0.2) is 4.98 Å².